The largest absolute Gasteiger partial charge is 0.461 e. The smallest absolute Gasteiger partial charge is 0.255 e. The Morgan fingerprint density at radius 3 is 2.69 bits per heavy atom. The number of nitrogens with zero attached hydrogens (tertiary/aromatic N) is 1. The number of hydrogen-bond acceptors (Lipinski definition) is 3. The Morgan fingerprint density at radius 1 is 1.12 bits per heavy atom. The van der Waals surface area contributed by atoms with Crippen LogP contribution in [0.4, 0.5) is 11.4 Å². The number of amides is 2. The summed E-state index contributed by atoms with van der Waals surface area (Å²) in [5.41, 5.74) is 3.95. The fourth-order valence-electron chi connectivity index (χ4n) is 3.46. The number of benzene rings is 2. The van der Waals surface area contributed by atoms with Gasteiger partial charge in [0.2, 0.25) is 5.91 Å². The van der Waals surface area contributed by atoms with E-state index < -0.39 is 0 Å². The van der Waals surface area contributed by atoms with Crippen molar-refractivity contribution in [2.45, 2.75) is 26.7 Å². The zero-order valence-corrected chi connectivity index (χ0v) is 14.8. The van der Waals surface area contributed by atoms with Crippen molar-refractivity contribution >= 4 is 34.2 Å². The number of carbonyl (C=O) groups is 2. The first-order valence-electron chi connectivity index (χ1n) is 8.74. The van der Waals surface area contributed by atoms with Crippen molar-refractivity contribution in [3.63, 3.8) is 0 Å². The Kier molecular flexibility index (Phi) is 3.99. The summed E-state index contributed by atoms with van der Waals surface area (Å²) in [5.74, 6) is 0.809. The van der Waals surface area contributed by atoms with Gasteiger partial charge >= 0.3 is 0 Å². The average Bonchev–Trinajstić information content (AvgIpc) is 3.18. The van der Waals surface area contributed by atoms with Crippen molar-refractivity contribution in [2.24, 2.45) is 0 Å². The number of aryl methyl sites for hydroxylation is 2. The first kappa shape index (κ1) is 16.4. The Hall–Kier alpha value is -3.08. The van der Waals surface area contributed by atoms with Crippen LogP contribution < -0.4 is 10.2 Å². The second-order valence-corrected chi connectivity index (χ2v) is 6.71. The molecule has 0 bridgehead atoms. The van der Waals surface area contributed by atoms with Crippen LogP contribution in [0.2, 0.25) is 0 Å². The molecule has 4 rings (SSSR count). The summed E-state index contributed by atoms with van der Waals surface area (Å²) < 4.78 is 5.54. The van der Waals surface area contributed by atoms with Crippen LogP contribution in [0.15, 0.2) is 46.9 Å². The second kappa shape index (κ2) is 6.33. The van der Waals surface area contributed by atoms with E-state index in [0.29, 0.717) is 17.7 Å². The Balaban J connectivity index is 1.55. The lowest BCUT2D eigenvalue weighted by atomic mass is 10.1. The van der Waals surface area contributed by atoms with Crippen molar-refractivity contribution in [3.05, 3.63) is 59.4 Å². The fraction of sp³-hybridized carbons (Fsp3) is 0.238. The minimum atomic E-state index is -0.171. The van der Waals surface area contributed by atoms with E-state index in [9.17, 15) is 9.59 Å². The monoisotopic (exact) mass is 348 g/mol. The molecule has 2 amide bonds. The molecule has 1 fully saturated rings. The Bertz CT molecular complexity index is 1020. The van der Waals surface area contributed by atoms with Crippen molar-refractivity contribution in [1.82, 2.24) is 0 Å². The lowest BCUT2D eigenvalue weighted by Crippen LogP contribution is -2.24. The minimum Gasteiger partial charge on any atom is -0.461 e. The normalized spacial score (nSPS) is 14.2. The summed E-state index contributed by atoms with van der Waals surface area (Å²) in [6.45, 7) is 4.60. The van der Waals surface area contributed by atoms with Crippen LogP contribution in [0.1, 0.15) is 34.5 Å². The molecular weight excluding hydrogens is 328 g/mol. The molecule has 1 saturated heterocycles. The maximum Gasteiger partial charge on any atom is 0.255 e. The SMILES string of the molecule is Cc1cc2cc(C(=O)Nc3ccc(N4CCCC4=O)c(C)c3)ccc2o1. The summed E-state index contributed by atoms with van der Waals surface area (Å²) in [6.07, 6.45) is 1.50. The van der Waals surface area contributed by atoms with Crippen LogP contribution in [0.3, 0.4) is 0 Å². The van der Waals surface area contributed by atoms with Gasteiger partial charge < -0.3 is 14.6 Å². The third-order valence-electron chi connectivity index (χ3n) is 4.72. The van der Waals surface area contributed by atoms with Crippen LogP contribution in [0.25, 0.3) is 11.0 Å². The molecule has 5 nitrogen and oxygen atoms in total. The zero-order valence-electron chi connectivity index (χ0n) is 14.8. The topological polar surface area (TPSA) is 62.6 Å². The molecule has 0 atom stereocenters. The van der Waals surface area contributed by atoms with E-state index in [4.69, 9.17) is 4.42 Å². The highest BCUT2D eigenvalue weighted by molar-refractivity contribution is 6.06. The summed E-state index contributed by atoms with van der Waals surface area (Å²) in [4.78, 5) is 26.3. The van der Waals surface area contributed by atoms with Crippen molar-refractivity contribution in [2.75, 3.05) is 16.8 Å². The van der Waals surface area contributed by atoms with Gasteiger partial charge in [0.25, 0.3) is 5.91 Å². The van der Waals surface area contributed by atoms with Crippen molar-refractivity contribution < 1.29 is 14.0 Å². The van der Waals surface area contributed by atoms with E-state index in [1.54, 1.807) is 6.07 Å². The standard InChI is InChI=1S/C21H20N2O3/c1-13-10-17(6-7-18(13)23-9-3-4-20(23)24)22-21(25)15-5-8-19-16(12-15)11-14(2)26-19/h5-8,10-12H,3-4,9H2,1-2H3,(H,22,25). The van der Waals surface area contributed by atoms with E-state index in [0.717, 1.165) is 40.9 Å². The maximum absolute atomic E-state index is 12.6. The number of rotatable bonds is 3. The molecule has 1 aliphatic rings. The fourth-order valence-corrected chi connectivity index (χ4v) is 3.46. The maximum atomic E-state index is 12.6. The third-order valence-corrected chi connectivity index (χ3v) is 4.72. The molecule has 0 saturated carbocycles. The van der Waals surface area contributed by atoms with Gasteiger partial charge in [-0.2, -0.15) is 0 Å². The number of carbonyl (C=O) groups excluding carboxylic acids is 2. The minimum absolute atomic E-state index is 0.161. The van der Waals surface area contributed by atoms with Gasteiger partial charge in [0, 0.05) is 35.3 Å². The first-order valence-corrected chi connectivity index (χ1v) is 8.74. The highest BCUT2D eigenvalue weighted by atomic mass is 16.3. The second-order valence-electron chi connectivity index (χ2n) is 6.71. The van der Waals surface area contributed by atoms with Gasteiger partial charge in [-0.25, -0.2) is 0 Å². The Labute approximate surface area is 151 Å². The van der Waals surface area contributed by atoms with Crippen LogP contribution in [0, 0.1) is 13.8 Å². The van der Waals surface area contributed by atoms with Gasteiger partial charge in [-0.05, 0) is 68.3 Å². The van der Waals surface area contributed by atoms with E-state index in [-0.39, 0.29) is 11.8 Å². The van der Waals surface area contributed by atoms with Crippen LogP contribution in [-0.2, 0) is 4.79 Å². The van der Waals surface area contributed by atoms with Crippen molar-refractivity contribution in [3.8, 4) is 0 Å². The summed E-state index contributed by atoms with van der Waals surface area (Å²) >= 11 is 0. The van der Waals surface area contributed by atoms with Gasteiger partial charge in [-0.15, -0.1) is 0 Å². The molecule has 0 radical (unpaired) electrons. The molecule has 26 heavy (non-hydrogen) atoms. The summed E-state index contributed by atoms with van der Waals surface area (Å²) in [7, 11) is 0. The molecule has 0 aliphatic carbocycles. The van der Waals surface area contributed by atoms with E-state index in [1.807, 2.05) is 55.1 Å². The molecule has 0 spiro atoms. The molecule has 0 unspecified atom stereocenters. The van der Waals surface area contributed by atoms with Crippen LogP contribution in [-0.4, -0.2) is 18.4 Å². The molecule has 1 aliphatic heterocycles. The van der Waals surface area contributed by atoms with E-state index in [2.05, 4.69) is 5.32 Å². The number of fused-ring (bicyclic) bond motifs is 1. The first-order chi connectivity index (χ1) is 12.5. The molecule has 2 aromatic carbocycles. The number of anilines is 2. The van der Waals surface area contributed by atoms with Gasteiger partial charge in [0.1, 0.15) is 11.3 Å². The zero-order chi connectivity index (χ0) is 18.3. The summed E-state index contributed by atoms with van der Waals surface area (Å²) in [5, 5.41) is 3.84. The molecule has 1 N–H and O–H groups in total. The highest BCUT2D eigenvalue weighted by Crippen LogP contribution is 2.28. The lowest BCUT2D eigenvalue weighted by molar-refractivity contribution is -0.117. The molecule has 2 heterocycles. The molecule has 132 valence electrons. The van der Waals surface area contributed by atoms with Gasteiger partial charge in [0.05, 0.1) is 0 Å². The van der Waals surface area contributed by atoms with Crippen LogP contribution in [0.5, 0.6) is 0 Å². The molecule has 3 aromatic rings. The van der Waals surface area contributed by atoms with E-state index in [1.165, 1.54) is 0 Å². The molecule has 1 aromatic heterocycles. The predicted octanol–water partition coefficient (Wildman–Crippen LogP) is 4.43. The van der Waals surface area contributed by atoms with Gasteiger partial charge in [-0.3, -0.25) is 9.59 Å². The van der Waals surface area contributed by atoms with Gasteiger partial charge in [0.15, 0.2) is 0 Å². The lowest BCUT2D eigenvalue weighted by Gasteiger charge is -2.19. The quantitative estimate of drug-likeness (QED) is 0.762. The van der Waals surface area contributed by atoms with Crippen molar-refractivity contribution in [1.29, 1.82) is 0 Å². The predicted molar refractivity (Wildman–Crippen MR) is 102 cm³/mol. The van der Waals surface area contributed by atoms with E-state index >= 15 is 0 Å². The summed E-state index contributed by atoms with van der Waals surface area (Å²) in [6, 6.07) is 12.9. The molecular formula is C21H20N2O3. The number of hydrogen-bond donors (Lipinski definition) is 1. The third kappa shape index (κ3) is 2.96. The number of nitrogens with one attached hydrogen (secondary N) is 1. The highest BCUT2D eigenvalue weighted by Gasteiger charge is 2.23. The van der Waals surface area contributed by atoms with Gasteiger partial charge in [-0.1, -0.05) is 0 Å². The average molecular weight is 348 g/mol. The number of furan rings is 1. The Morgan fingerprint density at radius 2 is 1.96 bits per heavy atom. The van der Waals surface area contributed by atoms with Crippen LogP contribution >= 0.6 is 0 Å². The molecule has 5 heteroatoms.